The Morgan fingerprint density at radius 3 is 3.00 bits per heavy atom. The third kappa shape index (κ3) is 2.91. The fraction of sp³-hybridized carbons (Fsp3) is 0.467. The molecule has 2 aromatic rings. The van der Waals surface area contributed by atoms with Crippen LogP contribution in [-0.4, -0.2) is 16.2 Å². The molecule has 2 heterocycles. The number of hydrogen-bond acceptors (Lipinski definition) is 5. The van der Waals surface area contributed by atoms with Crippen LogP contribution in [0.3, 0.4) is 0 Å². The van der Waals surface area contributed by atoms with Crippen LogP contribution in [0.25, 0.3) is 0 Å². The number of fused-ring (bicyclic) bond motifs is 1. The normalized spacial score (nSPS) is 15.1. The molecule has 1 aliphatic heterocycles. The van der Waals surface area contributed by atoms with Crippen molar-refractivity contribution in [1.82, 2.24) is 9.59 Å². The number of nitrogens with two attached hydrogens (primary N) is 1. The van der Waals surface area contributed by atoms with Gasteiger partial charge < -0.3 is 10.5 Å². The van der Waals surface area contributed by atoms with Gasteiger partial charge in [-0.25, -0.2) is 0 Å². The average Bonchev–Trinajstić information content (AvgIpc) is 3.06. The Bertz CT molecular complexity index is 656. The highest BCUT2D eigenvalue weighted by atomic mass is 35.5. The lowest BCUT2D eigenvalue weighted by Gasteiger charge is -2.15. The van der Waals surface area contributed by atoms with E-state index in [1.807, 2.05) is 12.1 Å². The van der Waals surface area contributed by atoms with Gasteiger partial charge in [-0.05, 0) is 47.1 Å². The summed E-state index contributed by atoms with van der Waals surface area (Å²) in [5.41, 5.74) is 9.63. The molecular formula is C15H18ClN3OS. The molecule has 0 spiro atoms. The fourth-order valence-corrected chi connectivity index (χ4v) is 3.76. The van der Waals surface area contributed by atoms with E-state index in [0.29, 0.717) is 12.3 Å². The number of aromatic nitrogens is 2. The Hall–Kier alpha value is -1.17. The van der Waals surface area contributed by atoms with E-state index in [2.05, 4.69) is 23.4 Å². The van der Waals surface area contributed by atoms with Crippen LogP contribution in [0.15, 0.2) is 12.1 Å². The highest BCUT2D eigenvalue weighted by Gasteiger charge is 2.23. The standard InChI is InChI=1S/C15H18ClN3OS/c1-8(2)13-15(21-19-18-13)12(17)7-10-6-11(16)5-9-3-4-20-14(9)10/h5-6,8,12H,3-4,7,17H2,1-2H3. The zero-order chi connectivity index (χ0) is 15.0. The third-order valence-corrected chi connectivity index (χ3v) is 4.78. The van der Waals surface area contributed by atoms with E-state index in [9.17, 15) is 0 Å². The molecule has 2 N–H and O–H groups in total. The van der Waals surface area contributed by atoms with Crippen molar-refractivity contribution < 1.29 is 4.74 Å². The molecule has 3 rings (SSSR count). The lowest BCUT2D eigenvalue weighted by molar-refractivity contribution is 0.352. The molecule has 1 aromatic heterocycles. The summed E-state index contributed by atoms with van der Waals surface area (Å²) in [4.78, 5) is 1.05. The van der Waals surface area contributed by atoms with E-state index >= 15 is 0 Å². The smallest absolute Gasteiger partial charge is 0.125 e. The molecule has 112 valence electrons. The topological polar surface area (TPSA) is 61.0 Å². The highest BCUT2D eigenvalue weighted by molar-refractivity contribution is 7.05. The van der Waals surface area contributed by atoms with Gasteiger partial charge in [0, 0.05) is 17.5 Å². The number of ether oxygens (including phenoxy) is 1. The summed E-state index contributed by atoms with van der Waals surface area (Å²) >= 11 is 7.58. The number of benzene rings is 1. The van der Waals surface area contributed by atoms with Gasteiger partial charge >= 0.3 is 0 Å². The molecule has 0 fully saturated rings. The second-order valence-corrected chi connectivity index (χ2v) is 6.86. The van der Waals surface area contributed by atoms with Crippen LogP contribution < -0.4 is 10.5 Å². The number of halogens is 1. The van der Waals surface area contributed by atoms with Crippen LogP contribution >= 0.6 is 23.1 Å². The molecule has 0 saturated carbocycles. The lowest BCUT2D eigenvalue weighted by atomic mass is 9.98. The van der Waals surface area contributed by atoms with Crippen LogP contribution in [0.5, 0.6) is 5.75 Å². The predicted octanol–water partition coefficient (Wildman–Crippen LogP) is 3.49. The van der Waals surface area contributed by atoms with Gasteiger partial charge in [-0.2, -0.15) is 0 Å². The minimum atomic E-state index is -0.130. The fourth-order valence-electron chi connectivity index (χ4n) is 2.69. The molecule has 1 atom stereocenters. The van der Waals surface area contributed by atoms with Crippen molar-refractivity contribution in [2.45, 2.75) is 38.6 Å². The molecule has 6 heteroatoms. The minimum Gasteiger partial charge on any atom is -0.493 e. The first-order valence-corrected chi connectivity index (χ1v) is 8.23. The summed E-state index contributed by atoms with van der Waals surface area (Å²) in [6, 6.07) is 3.80. The van der Waals surface area contributed by atoms with Crippen LogP contribution in [0.4, 0.5) is 0 Å². The Morgan fingerprint density at radius 2 is 2.24 bits per heavy atom. The largest absolute Gasteiger partial charge is 0.493 e. The Morgan fingerprint density at radius 1 is 1.43 bits per heavy atom. The Labute approximate surface area is 133 Å². The van der Waals surface area contributed by atoms with Gasteiger partial charge in [0.1, 0.15) is 5.75 Å². The molecule has 21 heavy (non-hydrogen) atoms. The SMILES string of the molecule is CC(C)c1nnsc1C(N)Cc1cc(Cl)cc2c1OCC2. The zero-order valence-electron chi connectivity index (χ0n) is 12.1. The van der Waals surface area contributed by atoms with Gasteiger partial charge in [0.2, 0.25) is 0 Å². The molecule has 0 bridgehead atoms. The Balaban J connectivity index is 1.88. The molecule has 4 nitrogen and oxygen atoms in total. The third-order valence-electron chi connectivity index (χ3n) is 3.69. The molecule has 0 radical (unpaired) electrons. The zero-order valence-corrected chi connectivity index (χ0v) is 13.7. The van der Waals surface area contributed by atoms with Crippen LogP contribution in [0, 0.1) is 0 Å². The average molecular weight is 324 g/mol. The van der Waals surface area contributed by atoms with Gasteiger partial charge in [-0.1, -0.05) is 29.9 Å². The summed E-state index contributed by atoms with van der Waals surface area (Å²) in [7, 11) is 0. The number of hydrogen-bond donors (Lipinski definition) is 1. The second-order valence-electron chi connectivity index (χ2n) is 5.64. The van der Waals surface area contributed by atoms with E-state index in [4.69, 9.17) is 22.1 Å². The first-order chi connectivity index (χ1) is 10.1. The molecule has 1 aliphatic rings. The van der Waals surface area contributed by atoms with Gasteiger partial charge in [0.15, 0.2) is 0 Å². The second kappa shape index (κ2) is 5.91. The Kier molecular flexibility index (Phi) is 4.15. The first-order valence-electron chi connectivity index (χ1n) is 7.08. The van der Waals surface area contributed by atoms with Crippen molar-refractivity contribution in [1.29, 1.82) is 0 Å². The van der Waals surface area contributed by atoms with E-state index in [-0.39, 0.29) is 6.04 Å². The molecule has 0 aliphatic carbocycles. The van der Waals surface area contributed by atoms with Crippen molar-refractivity contribution in [3.63, 3.8) is 0 Å². The molecule has 0 saturated heterocycles. The van der Waals surface area contributed by atoms with Gasteiger partial charge in [0.05, 0.1) is 17.2 Å². The monoisotopic (exact) mass is 323 g/mol. The molecule has 1 aromatic carbocycles. The van der Waals surface area contributed by atoms with Crippen molar-refractivity contribution in [3.8, 4) is 5.75 Å². The van der Waals surface area contributed by atoms with Gasteiger partial charge in [-0.15, -0.1) is 5.10 Å². The minimum absolute atomic E-state index is 0.130. The van der Waals surface area contributed by atoms with E-state index in [0.717, 1.165) is 39.9 Å². The summed E-state index contributed by atoms with van der Waals surface area (Å²) in [5.74, 6) is 1.28. The van der Waals surface area contributed by atoms with Crippen molar-refractivity contribution in [2.75, 3.05) is 6.61 Å². The quantitative estimate of drug-likeness (QED) is 0.935. The summed E-state index contributed by atoms with van der Waals surface area (Å²) < 4.78 is 9.79. The summed E-state index contributed by atoms with van der Waals surface area (Å²) in [5, 5.41) is 4.94. The van der Waals surface area contributed by atoms with E-state index in [1.165, 1.54) is 17.1 Å². The van der Waals surface area contributed by atoms with Gasteiger partial charge in [0.25, 0.3) is 0 Å². The molecule has 1 unspecified atom stereocenters. The van der Waals surface area contributed by atoms with Crippen molar-refractivity contribution in [3.05, 3.63) is 38.9 Å². The van der Waals surface area contributed by atoms with Crippen LogP contribution in [0.1, 0.15) is 47.5 Å². The highest BCUT2D eigenvalue weighted by Crippen LogP contribution is 2.36. The summed E-state index contributed by atoms with van der Waals surface area (Å²) in [6.07, 6.45) is 1.60. The summed E-state index contributed by atoms with van der Waals surface area (Å²) in [6.45, 7) is 4.93. The van der Waals surface area contributed by atoms with E-state index in [1.54, 1.807) is 0 Å². The predicted molar refractivity (Wildman–Crippen MR) is 85.3 cm³/mol. The molecule has 0 amide bonds. The van der Waals surface area contributed by atoms with E-state index < -0.39 is 0 Å². The maximum absolute atomic E-state index is 6.39. The maximum atomic E-state index is 6.39. The molecular weight excluding hydrogens is 306 g/mol. The number of nitrogens with zero attached hydrogens (tertiary/aromatic N) is 2. The van der Waals surface area contributed by atoms with Crippen molar-refractivity contribution >= 4 is 23.1 Å². The van der Waals surface area contributed by atoms with Crippen LogP contribution in [0.2, 0.25) is 5.02 Å². The van der Waals surface area contributed by atoms with Crippen molar-refractivity contribution in [2.24, 2.45) is 5.73 Å². The maximum Gasteiger partial charge on any atom is 0.125 e. The number of rotatable bonds is 4. The first kappa shape index (κ1) is 14.8. The van der Waals surface area contributed by atoms with Crippen LogP contribution in [-0.2, 0) is 12.8 Å². The lowest BCUT2D eigenvalue weighted by Crippen LogP contribution is -2.15. The van der Waals surface area contributed by atoms with Gasteiger partial charge in [-0.3, -0.25) is 0 Å².